The molecule has 21 heavy (non-hydrogen) atoms. The number of rotatable bonds is 4. The van der Waals surface area contributed by atoms with E-state index in [9.17, 15) is 0 Å². The molecule has 1 aromatic rings. The van der Waals surface area contributed by atoms with E-state index >= 15 is 0 Å². The molecule has 5 nitrogen and oxygen atoms in total. The molecule has 0 aliphatic rings. The lowest BCUT2D eigenvalue weighted by Gasteiger charge is -2.07. The summed E-state index contributed by atoms with van der Waals surface area (Å²) < 4.78 is 5.60. The van der Waals surface area contributed by atoms with Gasteiger partial charge in [0, 0.05) is 4.92 Å². The average Bonchev–Trinajstić information content (AvgIpc) is 2.48. The summed E-state index contributed by atoms with van der Waals surface area (Å²) in [5.41, 5.74) is 6.26. The fourth-order valence-electron chi connectivity index (χ4n) is 1.06. The first-order valence-corrected chi connectivity index (χ1v) is 6.57. The number of allylic oxidation sites excluding steroid dienone is 3. The Hall–Kier alpha value is -2.56. The van der Waals surface area contributed by atoms with Gasteiger partial charge in [0.25, 0.3) is 0 Å². The molecule has 5 heteroatoms. The average molecular weight is 292 g/mol. The number of benzene rings is 1. The van der Waals surface area contributed by atoms with Crippen molar-refractivity contribution >= 4 is 0 Å². The Kier molecular flexibility index (Phi) is 13.7. The zero-order valence-corrected chi connectivity index (χ0v) is 13.1. The maximum atomic E-state index is 8.81. The Morgan fingerprint density at radius 3 is 2.19 bits per heavy atom. The maximum Gasteiger partial charge on any atom is 0.194 e. The largest absolute Gasteiger partial charge is 0.455 e. The smallest absolute Gasteiger partial charge is 0.194 e. The lowest BCUT2D eigenvalue weighted by Crippen LogP contribution is -2.03. The summed E-state index contributed by atoms with van der Waals surface area (Å²) in [6.07, 6.45) is 5.25. The minimum Gasteiger partial charge on any atom is -0.455 e. The van der Waals surface area contributed by atoms with E-state index < -0.39 is 4.92 Å². The van der Waals surface area contributed by atoms with Crippen molar-refractivity contribution in [3.8, 4) is 5.75 Å². The molecule has 0 spiro atoms. The van der Waals surface area contributed by atoms with E-state index in [1.165, 1.54) is 0 Å². The molecule has 116 valence electrons. The standard InChI is InChI=1S/C13H15NO.C2H6.CH3NO2/c1-3-8-13(12(14)4-2)15-11-9-6-5-7-10-11;1-2;1-2(3)4/h3-10H,2,14H2,1H3;1-2H3;1H3/b8-3-,13-12-;;. The van der Waals surface area contributed by atoms with Crippen LogP contribution in [0, 0.1) is 10.1 Å². The Balaban J connectivity index is 0. The van der Waals surface area contributed by atoms with E-state index in [-0.39, 0.29) is 0 Å². The van der Waals surface area contributed by atoms with Crippen LogP contribution in [-0.2, 0) is 0 Å². The maximum absolute atomic E-state index is 8.81. The van der Waals surface area contributed by atoms with Gasteiger partial charge in [-0.1, -0.05) is 44.7 Å². The lowest BCUT2D eigenvalue weighted by atomic mass is 10.3. The van der Waals surface area contributed by atoms with Crippen molar-refractivity contribution in [1.29, 1.82) is 0 Å². The number of ether oxygens (including phenoxy) is 1. The van der Waals surface area contributed by atoms with E-state index in [1.54, 1.807) is 6.08 Å². The predicted octanol–water partition coefficient (Wildman–Crippen LogP) is 3.92. The molecule has 0 aromatic heterocycles. The quantitative estimate of drug-likeness (QED) is 0.395. The van der Waals surface area contributed by atoms with Crippen molar-refractivity contribution in [3.63, 3.8) is 0 Å². The number of nitrogens with two attached hydrogens (primary N) is 1. The highest BCUT2D eigenvalue weighted by molar-refractivity contribution is 5.31. The van der Waals surface area contributed by atoms with Gasteiger partial charge in [0.05, 0.1) is 5.70 Å². The van der Waals surface area contributed by atoms with Crippen LogP contribution in [0.3, 0.4) is 0 Å². The van der Waals surface area contributed by atoms with Crippen molar-refractivity contribution < 1.29 is 9.66 Å². The molecule has 0 saturated heterocycles. The van der Waals surface area contributed by atoms with Crippen LogP contribution in [0.4, 0.5) is 0 Å². The van der Waals surface area contributed by atoms with Gasteiger partial charge in [-0.25, -0.2) is 0 Å². The van der Waals surface area contributed by atoms with E-state index in [0.29, 0.717) is 11.5 Å². The first-order valence-electron chi connectivity index (χ1n) is 6.57. The van der Waals surface area contributed by atoms with Crippen LogP contribution in [0.1, 0.15) is 20.8 Å². The molecule has 0 bridgehead atoms. The van der Waals surface area contributed by atoms with Gasteiger partial charge >= 0.3 is 0 Å². The number of hydrogen-bond donors (Lipinski definition) is 1. The van der Waals surface area contributed by atoms with Crippen molar-refractivity contribution in [1.82, 2.24) is 0 Å². The fraction of sp³-hybridized carbons (Fsp3) is 0.250. The summed E-state index contributed by atoms with van der Waals surface area (Å²) in [6, 6.07) is 9.50. The van der Waals surface area contributed by atoms with Crippen LogP contribution in [0.15, 0.2) is 66.6 Å². The van der Waals surface area contributed by atoms with E-state index in [2.05, 4.69) is 6.58 Å². The zero-order chi connectivity index (χ0) is 16.7. The molecule has 1 aromatic carbocycles. The minimum absolute atomic E-state index is 0.500. The third kappa shape index (κ3) is 12.2. The highest BCUT2D eigenvalue weighted by atomic mass is 16.6. The van der Waals surface area contributed by atoms with Crippen molar-refractivity contribution in [2.24, 2.45) is 5.73 Å². The fourth-order valence-corrected chi connectivity index (χ4v) is 1.06. The number of para-hydroxylation sites is 1. The Labute approximate surface area is 126 Å². The number of nitrogens with zero attached hydrogens (tertiary/aromatic N) is 1. The second-order valence-corrected chi connectivity index (χ2v) is 3.38. The van der Waals surface area contributed by atoms with E-state index in [4.69, 9.17) is 20.6 Å². The van der Waals surface area contributed by atoms with Crippen LogP contribution < -0.4 is 10.5 Å². The molecule has 0 aliphatic heterocycles. The second kappa shape index (κ2) is 13.9. The van der Waals surface area contributed by atoms with Crippen molar-refractivity contribution in [2.75, 3.05) is 7.05 Å². The highest BCUT2D eigenvalue weighted by Crippen LogP contribution is 2.14. The summed E-state index contributed by atoms with van der Waals surface area (Å²) >= 11 is 0. The molecule has 0 fully saturated rings. The summed E-state index contributed by atoms with van der Waals surface area (Å²) in [4.78, 5) is 8.31. The van der Waals surface area contributed by atoms with Gasteiger partial charge < -0.3 is 10.5 Å². The van der Waals surface area contributed by atoms with Crippen molar-refractivity contribution in [3.05, 3.63) is 76.7 Å². The molecule has 0 saturated carbocycles. The topological polar surface area (TPSA) is 78.4 Å². The van der Waals surface area contributed by atoms with Crippen LogP contribution in [-0.4, -0.2) is 12.0 Å². The first-order chi connectivity index (χ1) is 10.0. The summed E-state index contributed by atoms with van der Waals surface area (Å²) in [6.45, 7) is 9.52. The van der Waals surface area contributed by atoms with Gasteiger partial charge in [0.2, 0.25) is 0 Å². The summed E-state index contributed by atoms with van der Waals surface area (Å²) in [7, 11) is 0.889. The highest BCUT2D eigenvalue weighted by Gasteiger charge is 1.99. The van der Waals surface area contributed by atoms with Crippen molar-refractivity contribution in [2.45, 2.75) is 20.8 Å². The lowest BCUT2D eigenvalue weighted by molar-refractivity contribution is -0.445. The predicted molar refractivity (Wildman–Crippen MR) is 87.6 cm³/mol. The molecular formula is C16H24N2O3. The molecule has 0 amide bonds. The van der Waals surface area contributed by atoms with Crippen LogP contribution in [0.2, 0.25) is 0 Å². The normalized spacial score (nSPS) is 10.3. The first kappa shape index (κ1) is 20.8. The van der Waals surface area contributed by atoms with Gasteiger partial charge in [0.15, 0.2) is 7.05 Å². The van der Waals surface area contributed by atoms with Crippen LogP contribution >= 0.6 is 0 Å². The Morgan fingerprint density at radius 1 is 1.33 bits per heavy atom. The molecular weight excluding hydrogens is 268 g/mol. The summed E-state index contributed by atoms with van der Waals surface area (Å²) in [5, 5.41) is 8.81. The molecule has 2 N–H and O–H groups in total. The summed E-state index contributed by atoms with van der Waals surface area (Å²) in [5.74, 6) is 1.37. The molecule has 0 atom stereocenters. The third-order valence-corrected chi connectivity index (χ3v) is 1.79. The van der Waals surface area contributed by atoms with Gasteiger partial charge in [-0.05, 0) is 31.2 Å². The van der Waals surface area contributed by atoms with Gasteiger partial charge in [-0.15, -0.1) is 0 Å². The molecule has 0 radical (unpaired) electrons. The second-order valence-electron chi connectivity index (χ2n) is 3.38. The molecule has 0 heterocycles. The zero-order valence-electron chi connectivity index (χ0n) is 13.1. The molecule has 1 rings (SSSR count). The minimum atomic E-state index is -0.500. The number of hydrogen-bond acceptors (Lipinski definition) is 4. The molecule has 0 unspecified atom stereocenters. The molecule has 0 aliphatic carbocycles. The van der Waals surface area contributed by atoms with E-state index in [0.717, 1.165) is 12.8 Å². The van der Waals surface area contributed by atoms with Crippen LogP contribution in [0.5, 0.6) is 5.75 Å². The Bertz CT molecular complexity index is 462. The Morgan fingerprint density at radius 2 is 1.81 bits per heavy atom. The van der Waals surface area contributed by atoms with Gasteiger partial charge in [0.1, 0.15) is 11.5 Å². The third-order valence-electron chi connectivity index (χ3n) is 1.79. The SMILES string of the molecule is C=C/C(N)=C(\C=C/C)Oc1ccccc1.CC.C[N+](=O)[O-]. The van der Waals surface area contributed by atoms with Crippen LogP contribution in [0.25, 0.3) is 0 Å². The van der Waals surface area contributed by atoms with Gasteiger partial charge in [-0.3, -0.25) is 10.1 Å². The van der Waals surface area contributed by atoms with E-state index in [1.807, 2.05) is 63.3 Å². The van der Waals surface area contributed by atoms with Gasteiger partial charge in [-0.2, -0.15) is 0 Å². The monoisotopic (exact) mass is 292 g/mol. The number of nitro groups is 1.